The summed E-state index contributed by atoms with van der Waals surface area (Å²) < 4.78 is 5.39. The van der Waals surface area contributed by atoms with Gasteiger partial charge in [-0.2, -0.15) is 0 Å². The predicted octanol–water partition coefficient (Wildman–Crippen LogP) is 3.64. The van der Waals surface area contributed by atoms with E-state index in [2.05, 4.69) is 10.6 Å². The molecule has 0 saturated heterocycles. The molecular weight excluding hydrogens is 356 g/mol. The van der Waals surface area contributed by atoms with Crippen molar-refractivity contribution in [3.8, 4) is 0 Å². The van der Waals surface area contributed by atoms with Crippen molar-refractivity contribution in [1.29, 1.82) is 0 Å². The van der Waals surface area contributed by atoms with Crippen LogP contribution in [0, 0.1) is 0 Å². The van der Waals surface area contributed by atoms with Crippen LogP contribution in [0.3, 0.4) is 0 Å². The minimum absolute atomic E-state index is 0.164. The SMILES string of the molecule is CC(=O)Nc1ccc(NC(=O)COC(=O)C2(c3ccccc3)CCCC2)cc1. The van der Waals surface area contributed by atoms with Crippen molar-refractivity contribution in [2.24, 2.45) is 0 Å². The molecule has 146 valence electrons. The number of nitrogens with one attached hydrogen (secondary N) is 2. The first-order valence-electron chi connectivity index (χ1n) is 9.40. The normalized spacial score (nSPS) is 14.9. The van der Waals surface area contributed by atoms with Crippen molar-refractivity contribution in [2.45, 2.75) is 38.0 Å². The standard InChI is InChI=1S/C22H24N2O4/c1-16(25)23-18-9-11-19(12-10-18)24-20(26)15-28-21(27)22(13-5-6-14-22)17-7-3-2-4-8-17/h2-4,7-12H,5-6,13-15H2,1H3,(H,23,25)(H,24,26). The van der Waals surface area contributed by atoms with Crippen molar-refractivity contribution in [1.82, 2.24) is 0 Å². The van der Waals surface area contributed by atoms with Gasteiger partial charge in [-0.1, -0.05) is 43.2 Å². The summed E-state index contributed by atoms with van der Waals surface area (Å²) in [6.45, 7) is 1.09. The third-order valence-electron chi connectivity index (χ3n) is 5.00. The minimum atomic E-state index is -0.651. The molecule has 0 aliphatic heterocycles. The van der Waals surface area contributed by atoms with Gasteiger partial charge in [-0.15, -0.1) is 0 Å². The van der Waals surface area contributed by atoms with Crippen LogP contribution >= 0.6 is 0 Å². The van der Waals surface area contributed by atoms with Gasteiger partial charge in [0, 0.05) is 18.3 Å². The molecule has 1 aliphatic rings. The van der Waals surface area contributed by atoms with E-state index >= 15 is 0 Å². The molecule has 2 N–H and O–H groups in total. The molecule has 0 bridgehead atoms. The number of hydrogen-bond donors (Lipinski definition) is 2. The lowest BCUT2D eigenvalue weighted by atomic mass is 9.79. The van der Waals surface area contributed by atoms with E-state index < -0.39 is 11.3 Å². The summed E-state index contributed by atoms with van der Waals surface area (Å²) in [5.74, 6) is -0.905. The van der Waals surface area contributed by atoms with Gasteiger partial charge in [0.1, 0.15) is 0 Å². The number of ether oxygens (including phenoxy) is 1. The molecule has 1 fully saturated rings. The van der Waals surface area contributed by atoms with Crippen LogP contribution in [-0.4, -0.2) is 24.4 Å². The number of rotatable bonds is 6. The fraction of sp³-hybridized carbons (Fsp3) is 0.318. The van der Waals surface area contributed by atoms with Gasteiger partial charge in [0.05, 0.1) is 5.41 Å². The molecule has 0 unspecified atom stereocenters. The maximum atomic E-state index is 12.8. The van der Waals surface area contributed by atoms with Crippen LogP contribution in [0.5, 0.6) is 0 Å². The molecule has 3 rings (SSSR count). The van der Waals surface area contributed by atoms with Crippen LogP contribution in [-0.2, 0) is 24.5 Å². The fourth-order valence-electron chi connectivity index (χ4n) is 3.65. The molecule has 6 nitrogen and oxygen atoms in total. The summed E-state index contributed by atoms with van der Waals surface area (Å²) in [5.41, 5.74) is 1.50. The highest BCUT2D eigenvalue weighted by Gasteiger charge is 2.44. The largest absolute Gasteiger partial charge is 0.455 e. The van der Waals surface area contributed by atoms with E-state index in [9.17, 15) is 14.4 Å². The Bertz CT molecular complexity index is 841. The number of hydrogen-bond acceptors (Lipinski definition) is 4. The van der Waals surface area contributed by atoms with Gasteiger partial charge >= 0.3 is 5.97 Å². The molecule has 0 heterocycles. The summed E-state index contributed by atoms with van der Waals surface area (Å²) in [6.07, 6.45) is 3.41. The van der Waals surface area contributed by atoms with E-state index in [4.69, 9.17) is 4.74 Å². The first kappa shape index (κ1) is 19.6. The van der Waals surface area contributed by atoms with Gasteiger partial charge in [-0.05, 0) is 42.7 Å². The third kappa shape index (κ3) is 4.57. The number of esters is 1. The minimum Gasteiger partial charge on any atom is -0.455 e. The molecule has 2 amide bonds. The molecule has 1 aliphatic carbocycles. The van der Waals surface area contributed by atoms with Gasteiger partial charge in [-0.3, -0.25) is 14.4 Å². The Balaban J connectivity index is 1.57. The number of carbonyl (C=O) groups excluding carboxylic acids is 3. The van der Waals surface area contributed by atoms with Crippen LogP contribution in [0.4, 0.5) is 11.4 Å². The summed E-state index contributed by atoms with van der Waals surface area (Å²) >= 11 is 0. The van der Waals surface area contributed by atoms with Crippen LogP contribution in [0.1, 0.15) is 38.2 Å². The average Bonchev–Trinajstić information content (AvgIpc) is 3.19. The van der Waals surface area contributed by atoms with Crippen molar-refractivity contribution in [2.75, 3.05) is 17.2 Å². The Labute approximate surface area is 164 Å². The second-order valence-corrected chi connectivity index (χ2v) is 7.04. The lowest BCUT2D eigenvalue weighted by molar-refractivity contribution is -0.153. The van der Waals surface area contributed by atoms with Crippen LogP contribution in [0.25, 0.3) is 0 Å². The molecule has 28 heavy (non-hydrogen) atoms. The molecule has 0 spiro atoms. The lowest BCUT2D eigenvalue weighted by Crippen LogP contribution is -2.36. The van der Waals surface area contributed by atoms with Gasteiger partial charge in [-0.25, -0.2) is 0 Å². The zero-order valence-electron chi connectivity index (χ0n) is 15.9. The van der Waals surface area contributed by atoms with Gasteiger partial charge in [0.15, 0.2) is 6.61 Å². The zero-order chi connectivity index (χ0) is 20.0. The molecule has 0 radical (unpaired) electrons. The zero-order valence-corrected chi connectivity index (χ0v) is 15.9. The van der Waals surface area contributed by atoms with Crippen molar-refractivity contribution in [3.05, 3.63) is 60.2 Å². The molecule has 0 atom stereocenters. The Morgan fingerprint density at radius 1 is 0.893 bits per heavy atom. The second-order valence-electron chi connectivity index (χ2n) is 7.04. The van der Waals surface area contributed by atoms with E-state index in [0.29, 0.717) is 11.4 Å². The summed E-state index contributed by atoms with van der Waals surface area (Å²) in [6, 6.07) is 16.4. The fourth-order valence-corrected chi connectivity index (χ4v) is 3.65. The number of amides is 2. The lowest BCUT2D eigenvalue weighted by Gasteiger charge is -2.27. The predicted molar refractivity (Wildman–Crippen MR) is 107 cm³/mol. The first-order valence-corrected chi connectivity index (χ1v) is 9.40. The smallest absolute Gasteiger partial charge is 0.317 e. The van der Waals surface area contributed by atoms with Crippen LogP contribution < -0.4 is 10.6 Å². The van der Waals surface area contributed by atoms with Gasteiger partial charge < -0.3 is 15.4 Å². The monoisotopic (exact) mass is 380 g/mol. The molecule has 1 saturated carbocycles. The van der Waals surface area contributed by atoms with E-state index in [1.807, 2.05) is 30.3 Å². The van der Waals surface area contributed by atoms with Gasteiger partial charge in [0.25, 0.3) is 5.91 Å². The van der Waals surface area contributed by atoms with Crippen LogP contribution in [0.2, 0.25) is 0 Å². The van der Waals surface area contributed by atoms with Crippen molar-refractivity contribution in [3.63, 3.8) is 0 Å². The number of benzene rings is 2. The van der Waals surface area contributed by atoms with E-state index in [1.54, 1.807) is 24.3 Å². The third-order valence-corrected chi connectivity index (χ3v) is 5.00. The van der Waals surface area contributed by atoms with Gasteiger partial charge in [0.2, 0.25) is 5.91 Å². The molecule has 2 aromatic carbocycles. The summed E-state index contributed by atoms with van der Waals surface area (Å²) in [5, 5.41) is 5.35. The van der Waals surface area contributed by atoms with Crippen molar-refractivity contribution < 1.29 is 19.1 Å². The number of anilines is 2. The van der Waals surface area contributed by atoms with Crippen molar-refractivity contribution >= 4 is 29.2 Å². The second kappa shape index (κ2) is 8.69. The number of carbonyl (C=O) groups is 3. The molecular formula is C22H24N2O4. The molecule has 0 aromatic heterocycles. The van der Waals surface area contributed by atoms with E-state index in [0.717, 1.165) is 31.2 Å². The highest BCUT2D eigenvalue weighted by molar-refractivity contribution is 5.94. The quantitative estimate of drug-likeness (QED) is 0.750. The highest BCUT2D eigenvalue weighted by atomic mass is 16.5. The van der Waals surface area contributed by atoms with E-state index in [1.165, 1.54) is 6.92 Å². The Kier molecular flexibility index (Phi) is 6.09. The topological polar surface area (TPSA) is 84.5 Å². The maximum Gasteiger partial charge on any atom is 0.317 e. The first-order chi connectivity index (χ1) is 13.5. The average molecular weight is 380 g/mol. The Morgan fingerprint density at radius 2 is 1.46 bits per heavy atom. The Morgan fingerprint density at radius 3 is 2.04 bits per heavy atom. The maximum absolute atomic E-state index is 12.8. The molecule has 2 aromatic rings. The van der Waals surface area contributed by atoms with E-state index in [-0.39, 0.29) is 18.5 Å². The Hall–Kier alpha value is -3.15. The van der Waals surface area contributed by atoms with Crippen LogP contribution in [0.15, 0.2) is 54.6 Å². The highest BCUT2D eigenvalue weighted by Crippen LogP contribution is 2.42. The summed E-state index contributed by atoms with van der Waals surface area (Å²) in [4.78, 5) is 36.0. The molecule has 6 heteroatoms. The summed E-state index contributed by atoms with van der Waals surface area (Å²) in [7, 11) is 0.